The van der Waals surface area contributed by atoms with Crippen molar-refractivity contribution in [3.05, 3.63) is 62.6 Å². The average molecular weight is 316 g/mol. The molecule has 0 heterocycles. The maximum absolute atomic E-state index is 12.4. The molecule has 0 aromatic heterocycles. The van der Waals surface area contributed by atoms with E-state index in [1.807, 2.05) is 0 Å². The summed E-state index contributed by atoms with van der Waals surface area (Å²) in [4.78, 5) is 12.4. The summed E-state index contributed by atoms with van der Waals surface area (Å²) in [5, 5.41) is 0.977. The van der Waals surface area contributed by atoms with Gasteiger partial charge >= 0.3 is 0 Å². The molecule has 2 rings (SSSR count). The summed E-state index contributed by atoms with van der Waals surface area (Å²) in [6, 6.07) is 9.69. The minimum atomic E-state index is -0.278. The van der Waals surface area contributed by atoms with Crippen LogP contribution in [0.1, 0.15) is 15.9 Å². The largest absolute Gasteiger partial charge is 0.495 e. The van der Waals surface area contributed by atoms with Crippen LogP contribution in [0.15, 0.2) is 36.4 Å². The van der Waals surface area contributed by atoms with Gasteiger partial charge in [-0.15, -0.1) is 0 Å². The quantitative estimate of drug-likeness (QED) is 0.754. The van der Waals surface area contributed by atoms with Crippen LogP contribution in [0.2, 0.25) is 15.1 Å². The maximum atomic E-state index is 12.4. The van der Waals surface area contributed by atoms with Gasteiger partial charge in [-0.2, -0.15) is 0 Å². The Hall–Kier alpha value is -1.22. The fourth-order valence-corrected chi connectivity index (χ4v) is 2.49. The van der Waals surface area contributed by atoms with Crippen LogP contribution in [0, 0.1) is 0 Å². The summed E-state index contributed by atoms with van der Waals surface area (Å²) in [6.45, 7) is 0. The molecule has 0 saturated carbocycles. The normalized spacial score (nSPS) is 10.3. The summed E-state index contributed by atoms with van der Waals surface area (Å²) in [7, 11) is 1.51. The molecular weight excluding hydrogens is 307 g/mol. The van der Waals surface area contributed by atoms with Crippen LogP contribution in [0.25, 0.3) is 0 Å². The molecule has 0 unspecified atom stereocenters. The number of benzene rings is 2. The van der Waals surface area contributed by atoms with Crippen LogP contribution in [0.5, 0.6) is 5.75 Å². The molecule has 2 nitrogen and oxygen atoms in total. The van der Waals surface area contributed by atoms with Gasteiger partial charge in [0.2, 0.25) is 0 Å². The van der Waals surface area contributed by atoms with Crippen LogP contribution in [0.3, 0.4) is 0 Å². The SMILES string of the molecule is COc1ccc(C(=O)c2c(Cl)cccc2Cl)cc1Cl. The van der Waals surface area contributed by atoms with Crippen molar-refractivity contribution >= 4 is 40.6 Å². The fourth-order valence-electron chi connectivity index (χ4n) is 1.67. The number of rotatable bonds is 3. The predicted molar refractivity (Wildman–Crippen MR) is 77.9 cm³/mol. The molecule has 5 heteroatoms. The first kappa shape index (κ1) is 14.2. The van der Waals surface area contributed by atoms with Gasteiger partial charge in [-0.1, -0.05) is 40.9 Å². The standard InChI is InChI=1S/C14H9Cl3O2/c1-19-12-6-5-8(7-11(12)17)14(18)13-9(15)3-2-4-10(13)16/h2-7H,1H3. The van der Waals surface area contributed by atoms with E-state index < -0.39 is 0 Å². The van der Waals surface area contributed by atoms with Crippen LogP contribution in [-0.2, 0) is 0 Å². The molecule has 0 aliphatic heterocycles. The molecule has 2 aromatic carbocycles. The van der Waals surface area contributed by atoms with E-state index in [9.17, 15) is 4.79 Å². The Morgan fingerprint density at radius 1 is 1.00 bits per heavy atom. The molecule has 0 saturated heterocycles. The fraction of sp³-hybridized carbons (Fsp3) is 0.0714. The molecule has 0 bridgehead atoms. The second-order valence-corrected chi connectivity index (χ2v) is 5.00. The van der Waals surface area contributed by atoms with E-state index in [-0.39, 0.29) is 11.3 Å². The van der Waals surface area contributed by atoms with Crippen molar-refractivity contribution in [1.29, 1.82) is 0 Å². The van der Waals surface area contributed by atoms with Crippen molar-refractivity contribution < 1.29 is 9.53 Å². The van der Waals surface area contributed by atoms with Crippen LogP contribution < -0.4 is 4.74 Å². The summed E-state index contributed by atoms with van der Waals surface area (Å²) < 4.78 is 5.04. The van der Waals surface area contributed by atoms with E-state index in [1.54, 1.807) is 30.3 Å². The van der Waals surface area contributed by atoms with Gasteiger partial charge < -0.3 is 4.74 Å². The second kappa shape index (κ2) is 5.83. The minimum absolute atomic E-state index is 0.270. The van der Waals surface area contributed by atoms with E-state index in [4.69, 9.17) is 39.5 Å². The molecular formula is C14H9Cl3O2. The lowest BCUT2D eigenvalue weighted by atomic mass is 10.0. The van der Waals surface area contributed by atoms with Gasteiger partial charge in [0.05, 0.1) is 27.7 Å². The molecule has 0 fully saturated rings. The highest BCUT2D eigenvalue weighted by Gasteiger charge is 2.17. The molecule has 0 aliphatic carbocycles. The first-order chi connectivity index (χ1) is 9.04. The molecule has 0 amide bonds. The number of halogens is 3. The number of carbonyl (C=O) groups excluding carboxylic acids is 1. The number of carbonyl (C=O) groups is 1. The van der Waals surface area contributed by atoms with Crippen molar-refractivity contribution in [2.24, 2.45) is 0 Å². The Bertz CT molecular complexity index is 618. The van der Waals surface area contributed by atoms with Crippen LogP contribution >= 0.6 is 34.8 Å². The van der Waals surface area contributed by atoms with Crippen molar-refractivity contribution in [3.8, 4) is 5.75 Å². The van der Waals surface area contributed by atoms with Gasteiger partial charge in [-0.3, -0.25) is 4.79 Å². The highest BCUT2D eigenvalue weighted by atomic mass is 35.5. The lowest BCUT2D eigenvalue weighted by Gasteiger charge is -2.08. The lowest BCUT2D eigenvalue weighted by molar-refractivity contribution is 0.103. The van der Waals surface area contributed by atoms with Crippen molar-refractivity contribution in [2.45, 2.75) is 0 Å². The Labute approximate surface area is 125 Å². The van der Waals surface area contributed by atoms with Crippen molar-refractivity contribution in [2.75, 3.05) is 7.11 Å². The zero-order valence-corrected chi connectivity index (χ0v) is 12.2. The van der Waals surface area contributed by atoms with Gasteiger partial charge in [-0.05, 0) is 30.3 Å². The zero-order chi connectivity index (χ0) is 14.0. The summed E-state index contributed by atoms with van der Waals surface area (Å²) in [5.41, 5.74) is 0.674. The van der Waals surface area contributed by atoms with Crippen molar-refractivity contribution in [1.82, 2.24) is 0 Å². The average Bonchev–Trinajstić information content (AvgIpc) is 2.38. The molecule has 0 N–H and O–H groups in total. The lowest BCUT2D eigenvalue weighted by Crippen LogP contribution is -2.03. The third-order valence-corrected chi connectivity index (χ3v) is 3.53. The Morgan fingerprint density at radius 2 is 1.63 bits per heavy atom. The Morgan fingerprint density at radius 3 is 2.16 bits per heavy atom. The molecule has 0 spiro atoms. The first-order valence-corrected chi connectivity index (χ1v) is 6.50. The molecule has 19 heavy (non-hydrogen) atoms. The summed E-state index contributed by atoms with van der Waals surface area (Å²) >= 11 is 18.0. The van der Waals surface area contributed by atoms with E-state index in [0.29, 0.717) is 26.4 Å². The van der Waals surface area contributed by atoms with Gasteiger partial charge in [0, 0.05) is 5.56 Å². The van der Waals surface area contributed by atoms with Gasteiger partial charge in [0.25, 0.3) is 0 Å². The molecule has 0 aliphatic rings. The summed E-state index contributed by atoms with van der Waals surface area (Å²) in [6.07, 6.45) is 0. The Kier molecular flexibility index (Phi) is 4.35. The van der Waals surface area contributed by atoms with Gasteiger partial charge in [0.1, 0.15) is 5.75 Å². The van der Waals surface area contributed by atoms with E-state index >= 15 is 0 Å². The molecule has 98 valence electrons. The van der Waals surface area contributed by atoms with E-state index in [0.717, 1.165) is 0 Å². The van der Waals surface area contributed by atoms with Gasteiger partial charge in [0.15, 0.2) is 5.78 Å². The molecule has 0 atom stereocenters. The summed E-state index contributed by atoms with van der Waals surface area (Å²) in [5.74, 6) is 0.226. The number of hydrogen-bond donors (Lipinski definition) is 0. The number of ketones is 1. The number of ether oxygens (including phenoxy) is 1. The third-order valence-electron chi connectivity index (χ3n) is 2.60. The smallest absolute Gasteiger partial charge is 0.196 e. The van der Waals surface area contributed by atoms with Crippen molar-refractivity contribution in [3.63, 3.8) is 0 Å². The second-order valence-electron chi connectivity index (χ2n) is 3.78. The highest BCUT2D eigenvalue weighted by Crippen LogP contribution is 2.30. The first-order valence-electron chi connectivity index (χ1n) is 5.37. The topological polar surface area (TPSA) is 26.3 Å². The number of methoxy groups -OCH3 is 1. The predicted octanol–water partition coefficient (Wildman–Crippen LogP) is 4.89. The Balaban J connectivity index is 2.48. The van der Waals surface area contributed by atoms with E-state index in [1.165, 1.54) is 13.2 Å². The number of hydrogen-bond acceptors (Lipinski definition) is 2. The highest BCUT2D eigenvalue weighted by molar-refractivity contribution is 6.41. The van der Waals surface area contributed by atoms with E-state index in [2.05, 4.69) is 0 Å². The van der Waals surface area contributed by atoms with Crippen LogP contribution in [0.4, 0.5) is 0 Å². The minimum Gasteiger partial charge on any atom is -0.495 e. The zero-order valence-electron chi connectivity index (χ0n) is 9.91. The maximum Gasteiger partial charge on any atom is 0.196 e. The third kappa shape index (κ3) is 2.86. The molecule has 0 radical (unpaired) electrons. The molecule has 2 aromatic rings. The van der Waals surface area contributed by atoms with Crippen LogP contribution in [-0.4, -0.2) is 12.9 Å². The van der Waals surface area contributed by atoms with Gasteiger partial charge in [-0.25, -0.2) is 0 Å². The monoisotopic (exact) mass is 314 g/mol.